The molecule has 3 rings (SSSR count). The molecule has 3 nitrogen and oxygen atoms in total. The van der Waals surface area contributed by atoms with Gasteiger partial charge in [-0.25, -0.2) is 8.78 Å². The van der Waals surface area contributed by atoms with Crippen LogP contribution in [-0.4, -0.2) is 5.91 Å². The lowest BCUT2D eigenvalue weighted by Crippen LogP contribution is -2.14. The van der Waals surface area contributed by atoms with E-state index in [1.807, 2.05) is 0 Å². The van der Waals surface area contributed by atoms with Gasteiger partial charge in [-0.2, -0.15) is 0 Å². The molecule has 25 heavy (non-hydrogen) atoms. The van der Waals surface area contributed by atoms with E-state index in [-0.39, 0.29) is 0 Å². The van der Waals surface area contributed by atoms with E-state index in [0.717, 1.165) is 18.2 Å². The lowest BCUT2D eigenvalue weighted by Gasteiger charge is -2.13. The molecule has 0 radical (unpaired) electrons. The molecule has 0 heterocycles. The minimum Gasteiger partial charge on any atom is -0.454 e. The number of carbonyl (C=O) groups excluding carboxylic acids is 1. The maximum absolute atomic E-state index is 13.7. The van der Waals surface area contributed by atoms with Gasteiger partial charge in [-0.15, -0.1) is 0 Å². The highest BCUT2D eigenvalue weighted by Gasteiger charge is 2.15. The number of amides is 1. The number of hydrogen-bond acceptors (Lipinski definition) is 2. The van der Waals surface area contributed by atoms with Crippen molar-refractivity contribution in [3.63, 3.8) is 0 Å². The van der Waals surface area contributed by atoms with Crippen LogP contribution in [0.15, 0.2) is 66.7 Å². The van der Waals surface area contributed by atoms with Crippen molar-refractivity contribution in [1.82, 2.24) is 0 Å². The molecule has 0 atom stereocenters. The first-order valence-electron chi connectivity index (χ1n) is 7.32. The van der Waals surface area contributed by atoms with E-state index >= 15 is 0 Å². The molecule has 0 unspecified atom stereocenters. The number of anilines is 1. The van der Waals surface area contributed by atoms with Gasteiger partial charge in [-0.05, 0) is 42.5 Å². The highest BCUT2D eigenvalue weighted by Crippen LogP contribution is 2.33. The van der Waals surface area contributed by atoms with Gasteiger partial charge in [-0.3, -0.25) is 4.79 Å². The summed E-state index contributed by atoms with van der Waals surface area (Å²) in [5.41, 5.74) is -0.0939. The average Bonchev–Trinajstić information content (AvgIpc) is 2.60. The summed E-state index contributed by atoms with van der Waals surface area (Å²) in [4.78, 5) is 12.3. The molecule has 3 aromatic rings. The van der Waals surface area contributed by atoms with Crippen LogP contribution in [0, 0.1) is 11.6 Å². The van der Waals surface area contributed by atoms with Gasteiger partial charge in [0.25, 0.3) is 5.91 Å². The van der Waals surface area contributed by atoms with Gasteiger partial charge in [0.1, 0.15) is 17.4 Å². The number of rotatable bonds is 4. The van der Waals surface area contributed by atoms with Crippen molar-refractivity contribution in [2.24, 2.45) is 0 Å². The summed E-state index contributed by atoms with van der Waals surface area (Å²) in [5.74, 6) is -1.58. The first-order chi connectivity index (χ1) is 12.0. The van der Waals surface area contributed by atoms with E-state index < -0.39 is 23.1 Å². The number of nitrogens with one attached hydrogen (secondary N) is 1. The van der Waals surface area contributed by atoms with Crippen LogP contribution in [0.1, 0.15) is 10.4 Å². The van der Waals surface area contributed by atoms with Gasteiger partial charge in [-0.1, -0.05) is 35.9 Å². The smallest absolute Gasteiger partial charge is 0.258 e. The highest BCUT2D eigenvalue weighted by molar-refractivity contribution is 6.32. The molecule has 0 saturated heterocycles. The van der Waals surface area contributed by atoms with E-state index in [1.165, 1.54) is 0 Å². The monoisotopic (exact) mass is 359 g/mol. The molecule has 0 aliphatic carbocycles. The minimum atomic E-state index is -0.816. The third-order valence-corrected chi connectivity index (χ3v) is 3.68. The van der Waals surface area contributed by atoms with Crippen molar-refractivity contribution in [3.05, 3.63) is 89.0 Å². The summed E-state index contributed by atoms with van der Waals surface area (Å²) in [6, 6.07) is 16.1. The predicted molar refractivity (Wildman–Crippen MR) is 92.3 cm³/mol. The number of para-hydroxylation sites is 3. The van der Waals surface area contributed by atoms with Crippen LogP contribution in [0.5, 0.6) is 11.5 Å². The number of benzene rings is 3. The van der Waals surface area contributed by atoms with Crippen LogP contribution < -0.4 is 10.1 Å². The average molecular weight is 360 g/mol. The highest BCUT2D eigenvalue weighted by atomic mass is 35.5. The molecular weight excluding hydrogens is 348 g/mol. The van der Waals surface area contributed by atoms with Crippen LogP contribution in [0.3, 0.4) is 0 Å². The predicted octanol–water partition coefficient (Wildman–Crippen LogP) is 5.66. The van der Waals surface area contributed by atoms with Gasteiger partial charge < -0.3 is 10.1 Å². The summed E-state index contributed by atoms with van der Waals surface area (Å²) in [7, 11) is 0. The molecule has 0 bridgehead atoms. The first kappa shape index (κ1) is 16.9. The Labute approximate surface area is 147 Å². The quantitative estimate of drug-likeness (QED) is 0.652. The Morgan fingerprint density at radius 2 is 1.60 bits per heavy atom. The van der Waals surface area contributed by atoms with E-state index in [1.54, 1.807) is 48.5 Å². The summed E-state index contributed by atoms with van der Waals surface area (Å²) in [6.45, 7) is 0. The minimum absolute atomic E-state index is 0.302. The van der Waals surface area contributed by atoms with Gasteiger partial charge >= 0.3 is 0 Å². The number of ether oxygens (including phenoxy) is 1. The third kappa shape index (κ3) is 3.95. The van der Waals surface area contributed by atoms with Gasteiger partial charge in [0.05, 0.1) is 16.3 Å². The Bertz CT molecular complexity index is 931. The lowest BCUT2D eigenvalue weighted by molar-refractivity contribution is 0.102. The van der Waals surface area contributed by atoms with Crippen molar-refractivity contribution in [2.75, 3.05) is 5.32 Å². The fourth-order valence-electron chi connectivity index (χ4n) is 2.17. The number of hydrogen-bond donors (Lipinski definition) is 1. The summed E-state index contributed by atoms with van der Waals surface area (Å²) >= 11 is 6.06. The van der Waals surface area contributed by atoms with E-state index in [4.69, 9.17) is 16.3 Å². The van der Waals surface area contributed by atoms with Crippen LogP contribution in [-0.2, 0) is 0 Å². The van der Waals surface area contributed by atoms with Crippen LogP contribution in [0.2, 0.25) is 5.02 Å². The molecule has 3 aromatic carbocycles. The molecule has 0 aromatic heterocycles. The second-order valence-electron chi connectivity index (χ2n) is 5.11. The van der Waals surface area contributed by atoms with E-state index in [0.29, 0.717) is 22.2 Å². The number of halogens is 3. The molecule has 0 fully saturated rings. The zero-order valence-electron chi connectivity index (χ0n) is 12.8. The zero-order valence-corrected chi connectivity index (χ0v) is 13.6. The van der Waals surface area contributed by atoms with Crippen molar-refractivity contribution in [3.8, 4) is 11.5 Å². The Balaban J connectivity index is 1.87. The normalized spacial score (nSPS) is 10.4. The molecule has 0 aliphatic heterocycles. The molecule has 0 spiro atoms. The van der Waals surface area contributed by atoms with Gasteiger partial charge in [0.15, 0.2) is 5.75 Å². The molecule has 0 aliphatic rings. The largest absolute Gasteiger partial charge is 0.454 e. The van der Waals surface area contributed by atoms with Crippen molar-refractivity contribution in [1.29, 1.82) is 0 Å². The van der Waals surface area contributed by atoms with Crippen molar-refractivity contribution >= 4 is 23.2 Å². The first-order valence-corrected chi connectivity index (χ1v) is 7.70. The molecule has 1 N–H and O–H groups in total. The third-order valence-electron chi connectivity index (χ3n) is 3.36. The lowest BCUT2D eigenvalue weighted by atomic mass is 10.2. The molecule has 126 valence electrons. The van der Waals surface area contributed by atoms with E-state index in [2.05, 4.69) is 5.32 Å². The maximum Gasteiger partial charge on any atom is 0.258 e. The maximum atomic E-state index is 13.7. The Kier molecular flexibility index (Phi) is 4.95. The summed E-state index contributed by atoms with van der Waals surface area (Å²) in [6.07, 6.45) is 0. The van der Waals surface area contributed by atoms with E-state index in [9.17, 15) is 13.6 Å². The topological polar surface area (TPSA) is 38.3 Å². The summed E-state index contributed by atoms with van der Waals surface area (Å²) < 4.78 is 32.7. The van der Waals surface area contributed by atoms with Crippen LogP contribution in [0.25, 0.3) is 0 Å². The van der Waals surface area contributed by atoms with Crippen LogP contribution >= 0.6 is 11.6 Å². The second kappa shape index (κ2) is 7.32. The molecule has 0 saturated carbocycles. The summed E-state index contributed by atoms with van der Waals surface area (Å²) in [5, 5.41) is 2.92. The molecular formula is C19H12ClF2NO2. The fraction of sp³-hybridized carbons (Fsp3) is 0. The zero-order chi connectivity index (χ0) is 17.8. The molecule has 1 amide bonds. The second-order valence-corrected chi connectivity index (χ2v) is 5.51. The van der Waals surface area contributed by atoms with Crippen molar-refractivity contribution in [2.45, 2.75) is 0 Å². The Morgan fingerprint density at radius 3 is 2.36 bits per heavy atom. The Hall–Kier alpha value is -2.92. The molecule has 6 heteroatoms. The number of carbonyl (C=O) groups is 1. The Morgan fingerprint density at radius 1 is 0.920 bits per heavy atom. The van der Waals surface area contributed by atoms with Gasteiger partial charge in [0, 0.05) is 0 Å². The fourth-order valence-corrected chi connectivity index (χ4v) is 2.34. The SMILES string of the molecule is O=C(Nc1ccccc1Oc1ccccc1Cl)c1cc(F)ccc1F. The standard InChI is InChI=1S/C19H12ClF2NO2/c20-14-5-1-3-7-17(14)25-18-8-4-2-6-16(18)23-19(24)13-11-12(21)9-10-15(13)22/h1-11H,(H,23,24). The van der Waals surface area contributed by atoms with Gasteiger partial charge in [0.2, 0.25) is 0 Å². The van der Waals surface area contributed by atoms with Crippen molar-refractivity contribution < 1.29 is 18.3 Å². The van der Waals surface area contributed by atoms with Crippen LogP contribution in [0.4, 0.5) is 14.5 Å².